The number of rotatable bonds is 2. The van der Waals surface area contributed by atoms with Crippen LogP contribution in [-0.2, 0) is 9.53 Å². The molecule has 2 unspecified atom stereocenters. The first-order valence-corrected chi connectivity index (χ1v) is 6.60. The van der Waals surface area contributed by atoms with Gasteiger partial charge in [0.2, 0.25) is 0 Å². The second-order valence-corrected chi connectivity index (χ2v) is 5.78. The zero-order valence-electron chi connectivity index (χ0n) is 11.9. The molecule has 0 saturated carbocycles. The number of esters is 1. The van der Waals surface area contributed by atoms with Crippen LogP contribution in [0.2, 0.25) is 0 Å². The summed E-state index contributed by atoms with van der Waals surface area (Å²) in [7, 11) is 1.43. The monoisotopic (exact) mass is 260 g/mol. The van der Waals surface area contributed by atoms with Gasteiger partial charge in [-0.25, -0.2) is 0 Å². The third-order valence-electron chi connectivity index (χ3n) is 4.25. The summed E-state index contributed by atoms with van der Waals surface area (Å²) in [5.74, 6) is -0.146. The van der Waals surface area contributed by atoms with Crippen LogP contribution < -0.4 is 0 Å². The molecule has 0 aromatic carbocycles. The summed E-state index contributed by atoms with van der Waals surface area (Å²) in [6.45, 7) is 6.83. The highest BCUT2D eigenvalue weighted by atomic mass is 16.5. The average Bonchev–Trinajstić information content (AvgIpc) is 2.72. The molecule has 19 heavy (non-hydrogen) atoms. The van der Waals surface area contributed by atoms with E-state index in [1.165, 1.54) is 7.11 Å². The van der Waals surface area contributed by atoms with Gasteiger partial charge < -0.3 is 9.64 Å². The second kappa shape index (κ2) is 4.73. The first kappa shape index (κ1) is 13.7. The molecule has 0 bridgehead atoms. The van der Waals surface area contributed by atoms with Crippen LogP contribution in [-0.4, -0.2) is 30.6 Å². The number of ether oxygens (including phenoxy) is 1. The van der Waals surface area contributed by atoms with Crippen molar-refractivity contribution in [3.63, 3.8) is 0 Å². The van der Waals surface area contributed by atoms with Crippen molar-refractivity contribution in [3.8, 4) is 6.07 Å². The minimum absolute atomic E-state index is 0.0435. The zero-order chi connectivity index (χ0) is 14.2. The Morgan fingerprint density at radius 2 is 2.26 bits per heavy atom. The third kappa shape index (κ3) is 2.03. The smallest absolute Gasteiger partial charge is 0.314 e. The Morgan fingerprint density at radius 3 is 2.79 bits per heavy atom. The van der Waals surface area contributed by atoms with Gasteiger partial charge in [0.15, 0.2) is 0 Å². The van der Waals surface area contributed by atoms with E-state index in [-0.39, 0.29) is 11.9 Å². The Labute approximate surface area is 114 Å². The van der Waals surface area contributed by atoms with E-state index in [4.69, 9.17) is 10.00 Å². The zero-order valence-corrected chi connectivity index (χ0v) is 11.9. The molecule has 2 rings (SSSR count). The van der Waals surface area contributed by atoms with Crippen LogP contribution in [0.15, 0.2) is 23.4 Å². The fraction of sp³-hybridized carbons (Fsp3) is 0.600. The molecule has 2 aliphatic rings. The highest BCUT2D eigenvalue weighted by Crippen LogP contribution is 2.49. The Morgan fingerprint density at radius 1 is 1.58 bits per heavy atom. The maximum atomic E-state index is 12.2. The number of likely N-dealkylation sites (tertiary alicyclic amines) is 1. The van der Waals surface area contributed by atoms with Crippen molar-refractivity contribution in [2.45, 2.75) is 33.2 Å². The van der Waals surface area contributed by atoms with Gasteiger partial charge in [-0.2, -0.15) is 5.26 Å². The lowest BCUT2D eigenvalue weighted by Crippen LogP contribution is -2.38. The van der Waals surface area contributed by atoms with Gasteiger partial charge in [-0.05, 0) is 39.3 Å². The molecule has 2 atom stereocenters. The molecule has 0 aromatic rings. The standard InChI is InChI=1S/C15H20N2O2/c1-10(2)17-9-15(3,14(18)19-4)12-7-11(8-16)5-6-13(12)17/h5-6,10,12H,7,9H2,1-4H3. The Kier molecular flexibility index (Phi) is 3.40. The minimum atomic E-state index is -0.568. The fourth-order valence-electron chi connectivity index (χ4n) is 3.10. The maximum absolute atomic E-state index is 12.2. The van der Waals surface area contributed by atoms with Gasteiger partial charge in [0.1, 0.15) is 0 Å². The van der Waals surface area contributed by atoms with E-state index in [1.54, 1.807) is 0 Å². The predicted octanol–water partition coefficient (Wildman–Crippen LogP) is 2.24. The molecule has 1 saturated heterocycles. The van der Waals surface area contributed by atoms with Gasteiger partial charge in [0, 0.05) is 29.8 Å². The number of nitriles is 1. The number of nitrogens with zero attached hydrogens (tertiary/aromatic N) is 2. The molecule has 0 radical (unpaired) electrons. The van der Waals surface area contributed by atoms with Crippen molar-refractivity contribution in [2.75, 3.05) is 13.7 Å². The second-order valence-electron chi connectivity index (χ2n) is 5.78. The normalized spacial score (nSPS) is 29.5. The number of carbonyl (C=O) groups is 1. The van der Waals surface area contributed by atoms with Crippen molar-refractivity contribution in [2.24, 2.45) is 11.3 Å². The number of hydrogen-bond acceptors (Lipinski definition) is 4. The molecular weight excluding hydrogens is 240 g/mol. The van der Waals surface area contributed by atoms with Gasteiger partial charge in [0.05, 0.1) is 18.6 Å². The van der Waals surface area contributed by atoms with Crippen LogP contribution in [0.25, 0.3) is 0 Å². The molecule has 1 aliphatic carbocycles. The van der Waals surface area contributed by atoms with E-state index in [1.807, 2.05) is 19.1 Å². The molecule has 0 spiro atoms. The van der Waals surface area contributed by atoms with Crippen molar-refractivity contribution in [1.29, 1.82) is 5.26 Å². The van der Waals surface area contributed by atoms with Gasteiger partial charge >= 0.3 is 5.97 Å². The predicted molar refractivity (Wildman–Crippen MR) is 71.9 cm³/mol. The highest BCUT2D eigenvalue weighted by Gasteiger charge is 2.53. The van der Waals surface area contributed by atoms with E-state index in [2.05, 4.69) is 24.8 Å². The van der Waals surface area contributed by atoms with E-state index >= 15 is 0 Å². The number of fused-ring (bicyclic) bond motifs is 1. The molecule has 0 N–H and O–H groups in total. The maximum Gasteiger partial charge on any atom is 0.314 e. The van der Waals surface area contributed by atoms with E-state index in [0.717, 1.165) is 11.3 Å². The van der Waals surface area contributed by atoms with Crippen LogP contribution in [0.3, 0.4) is 0 Å². The van der Waals surface area contributed by atoms with E-state index in [0.29, 0.717) is 19.0 Å². The lowest BCUT2D eigenvalue weighted by molar-refractivity contribution is -0.153. The Bertz CT molecular complexity index is 499. The van der Waals surface area contributed by atoms with Crippen molar-refractivity contribution in [1.82, 2.24) is 4.90 Å². The number of hydrogen-bond donors (Lipinski definition) is 0. The SMILES string of the molecule is COC(=O)C1(C)CN(C(C)C)C2=CC=C(C#N)CC21. The van der Waals surface area contributed by atoms with Crippen LogP contribution in [0.5, 0.6) is 0 Å². The molecule has 1 aliphatic heterocycles. The topological polar surface area (TPSA) is 53.3 Å². The van der Waals surface area contributed by atoms with Gasteiger partial charge in [0.25, 0.3) is 0 Å². The summed E-state index contributed by atoms with van der Waals surface area (Å²) >= 11 is 0. The molecule has 1 heterocycles. The first-order valence-electron chi connectivity index (χ1n) is 6.60. The summed E-state index contributed by atoms with van der Waals surface area (Å²) in [6, 6.07) is 2.53. The Hall–Kier alpha value is -1.76. The van der Waals surface area contributed by atoms with Crippen molar-refractivity contribution in [3.05, 3.63) is 23.4 Å². The molecule has 1 fully saturated rings. The van der Waals surface area contributed by atoms with Crippen LogP contribution in [0, 0.1) is 22.7 Å². The third-order valence-corrected chi connectivity index (χ3v) is 4.25. The average molecular weight is 260 g/mol. The lowest BCUT2D eigenvalue weighted by atomic mass is 9.74. The molecule has 0 aromatic heterocycles. The molecule has 4 heteroatoms. The summed E-state index contributed by atoms with van der Waals surface area (Å²) in [6.07, 6.45) is 4.47. The van der Waals surface area contributed by atoms with Gasteiger partial charge in [-0.1, -0.05) is 0 Å². The van der Waals surface area contributed by atoms with E-state index in [9.17, 15) is 4.79 Å². The fourth-order valence-corrected chi connectivity index (χ4v) is 3.10. The van der Waals surface area contributed by atoms with Crippen LogP contribution in [0.1, 0.15) is 27.2 Å². The minimum Gasteiger partial charge on any atom is -0.469 e. The Balaban J connectivity index is 2.43. The van der Waals surface area contributed by atoms with Gasteiger partial charge in [-0.3, -0.25) is 4.79 Å². The summed E-state index contributed by atoms with van der Waals surface area (Å²) in [5.41, 5.74) is 1.32. The highest BCUT2D eigenvalue weighted by molar-refractivity contribution is 5.78. The largest absolute Gasteiger partial charge is 0.469 e. The van der Waals surface area contributed by atoms with Crippen LogP contribution >= 0.6 is 0 Å². The number of methoxy groups -OCH3 is 1. The molecular formula is C15H20N2O2. The summed E-state index contributed by atoms with van der Waals surface area (Å²) in [5, 5.41) is 9.07. The summed E-state index contributed by atoms with van der Waals surface area (Å²) < 4.78 is 4.99. The van der Waals surface area contributed by atoms with Gasteiger partial charge in [-0.15, -0.1) is 0 Å². The number of carbonyl (C=O) groups excluding carboxylic acids is 1. The molecule has 102 valence electrons. The molecule has 0 amide bonds. The van der Waals surface area contributed by atoms with Crippen molar-refractivity contribution >= 4 is 5.97 Å². The first-order chi connectivity index (χ1) is 8.93. The molecule has 4 nitrogen and oxygen atoms in total. The quantitative estimate of drug-likeness (QED) is 0.714. The van der Waals surface area contributed by atoms with Crippen molar-refractivity contribution < 1.29 is 9.53 Å². The lowest BCUT2D eigenvalue weighted by Gasteiger charge is -2.28. The number of allylic oxidation sites excluding steroid dienone is 4. The summed E-state index contributed by atoms with van der Waals surface area (Å²) in [4.78, 5) is 14.4. The van der Waals surface area contributed by atoms with E-state index < -0.39 is 5.41 Å². The van der Waals surface area contributed by atoms with Crippen LogP contribution in [0.4, 0.5) is 0 Å².